The Labute approximate surface area is 173 Å². The van der Waals surface area contributed by atoms with Crippen LogP contribution in [-0.2, 0) is 20.0 Å². The first-order chi connectivity index (χ1) is 13.7. The Hall–Kier alpha value is -1.49. The molecular weight excluding hydrogens is 414 g/mol. The minimum Gasteiger partial charge on any atom is -0.336 e. The number of piperazine rings is 1. The average Bonchev–Trinajstić information content (AvgIpc) is 2.74. The van der Waals surface area contributed by atoms with Gasteiger partial charge in [0.15, 0.2) is 0 Å². The van der Waals surface area contributed by atoms with Crippen LogP contribution in [0.2, 0.25) is 0 Å². The molecule has 2 fully saturated rings. The fraction of sp³-hybridized carbons (Fsp3) is 0.632. The number of rotatable bonds is 5. The Morgan fingerprint density at radius 3 is 2.10 bits per heavy atom. The Kier molecular flexibility index (Phi) is 6.67. The lowest BCUT2D eigenvalue weighted by Gasteiger charge is -2.34. The van der Waals surface area contributed by atoms with E-state index in [-0.39, 0.29) is 29.6 Å². The topological polar surface area (TPSA) is 95.1 Å². The number of carbonyl (C=O) groups is 1. The minimum atomic E-state index is -3.64. The van der Waals surface area contributed by atoms with Crippen LogP contribution in [0.15, 0.2) is 23.1 Å². The quantitative estimate of drug-likeness (QED) is 0.683. The molecule has 0 radical (unpaired) electrons. The summed E-state index contributed by atoms with van der Waals surface area (Å²) in [5.74, 6) is -0.231. The SMILES string of the molecule is CCS(=O)(=O)N1CCN(C(=O)c2ccc(C)c(S(=O)(=O)N3CCCCC3)c2)CC1. The van der Waals surface area contributed by atoms with Crippen molar-refractivity contribution >= 4 is 26.0 Å². The molecule has 2 heterocycles. The summed E-state index contributed by atoms with van der Waals surface area (Å²) in [5, 5.41) is 0. The molecule has 2 saturated heterocycles. The van der Waals surface area contributed by atoms with Crippen molar-refractivity contribution in [1.29, 1.82) is 0 Å². The first-order valence-corrected chi connectivity index (χ1v) is 13.1. The predicted octanol–water partition coefficient (Wildman–Crippen LogP) is 1.28. The number of piperidine rings is 1. The van der Waals surface area contributed by atoms with Gasteiger partial charge in [0.2, 0.25) is 20.0 Å². The molecular formula is C19H29N3O5S2. The van der Waals surface area contributed by atoms with Gasteiger partial charge in [0, 0.05) is 44.8 Å². The molecule has 29 heavy (non-hydrogen) atoms. The molecule has 2 aliphatic rings. The van der Waals surface area contributed by atoms with Gasteiger partial charge < -0.3 is 4.90 Å². The highest BCUT2D eigenvalue weighted by Gasteiger charge is 2.31. The Morgan fingerprint density at radius 1 is 0.897 bits per heavy atom. The third kappa shape index (κ3) is 4.65. The fourth-order valence-electron chi connectivity index (χ4n) is 3.79. The van der Waals surface area contributed by atoms with Crippen LogP contribution in [-0.4, -0.2) is 81.3 Å². The van der Waals surface area contributed by atoms with Crippen molar-refractivity contribution in [2.45, 2.75) is 38.0 Å². The Morgan fingerprint density at radius 2 is 1.52 bits per heavy atom. The highest BCUT2D eigenvalue weighted by molar-refractivity contribution is 7.89. The second-order valence-corrected chi connectivity index (χ2v) is 11.7. The lowest BCUT2D eigenvalue weighted by molar-refractivity contribution is 0.0697. The summed E-state index contributed by atoms with van der Waals surface area (Å²) in [6.07, 6.45) is 2.73. The molecule has 0 bridgehead atoms. The zero-order valence-electron chi connectivity index (χ0n) is 17.0. The highest BCUT2D eigenvalue weighted by atomic mass is 32.2. The molecule has 0 unspecified atom stereocenters. The molecule has 0 N–H and O–H groups in total. The fourth-order valence-corrected chi connectivity index (χ4v) is 6.64. The molecule has 1 amide bonds. The molecule has 2 aliphatic heterocycles. The van der Waals surface area contributed by atoms with Crippen LogP contribution in [0.25, 0.3) is 0 Å². The number of amides is 1. The molecule has 0 aliphatic carbocycles. The second kappa shape index (κ2) is 8.71. The number of nitrogens with zero attached hydrogens (tertiary/aromatic N) is 3. The summed E-state index contributed by atoms with van der Waals surface area (Å²) >= 11 is 0. The minimum absolute atomic E-state index is 0.0383. The van der Waals surface area contributed by atoms with E-state index in [0.29, 0.717) is 37.3 Å². The van der Waals surface area contributed by atoms with Crippen LogP contribution in [0.5, 0.6) is 0 Å². The molecule has 3 rings (SSSR count). The van der Waals surface area contributed by atoms with Crippen molar-refractivity contribution in [2.24, 2.45) is 0 Å². The number of carbonyl (C=O) groups excluding carboxylic acids is 1. The van der Waals surface area contributed by atoms with E-state index in [2.05, 4.69) is 0 Å². The molecule has 1 aromatic rings. The van der Waals surface area contributed by atoms with Gasteiger partial charge in [-0.2, -0.15) is 8.61 Å². The van der Waals surface area contributed by atoms with Gasteiger partial charge in [0.1, 0.15) is 0 Å². The molecule has 1 aromatic carbocycles. The summed E-state index contributed by atoms with van der Waals surface area (Å²) in [5.41, 5.74) is 0.934. The van der Waals surface area contributed by atoms with Gasteiger partial charge in [0.25, 0.3) is 5.91 Å². The zero-order valence-corrected chi connectivity index (χ0v) is 18.6. The summed E-state index contributed by atoms with van der Waals surface area (Å²) in [7, 11) is -6.90. The van der Waals surface area contributed by atoms with Crippen molar-refractivity contribution in [2.75, 3.05) is 45.0 Å². The molecule has 8 nitrogen and oxygen atoms in total. The maximum Gasteiger partial charge on any atom is 0.253 e. The van der Waals surface area contributed by atoms with E-state index in [1.54, 1.807) is 30.9 Å². The number of benzene rings is 1. The number of hydrogen-bond acceptors (Lipinski definition) is 5. The van der Waals surface area contributed by atoms with E-state index in [9.17, 15) is 21.6 Å². The Balaban J connectivity index is 1.78. The van der Waals surface area contributed by atoms with Gasteiger partial charge in [-0.3, -0.25) is 4.79 Å². The largest absolute Gasteiger partial charge is 0.336 e. The van der Waals surface area contributed by atoms with Crippen LogP contribution in [0.3, 0.4) is 0 Å². The van der Waals surface area contributed by atoms with Crippen LogP contribution in [0.4, 0.5) is 0 Å². The third-order valence-corrected chi connectivity index (χ3v) is 9.57. The molecule has 0 atom stereocenters. The van der Waals surface area contributed by atoms with Crippen molar-refractivity contribution in [3.8, 4) is 0 Å². The van der Waals surface area contributed by atoms with E-state index >= 15 is 0 Å². The van der Waals surface area contributed by atoms with E-state index < -0.39 is 20.0 Å². The van der Waals surface area contributed by atoms with Crippen LogP contribution in [0, 0.1) is 6.92 Å². The number of aryl methyl sites for hydroxylation is 1. The predicted molar refractivity (Wildman–Crippen MR) is 111 cm³/mol. The van der Waals surface area contributed by atoms with Gasteiger partial charge in [-0.25, -0.2) is 16.8 Å². The summed E-state index contributed by atoms with van der Waals surface area (Å²) in [4.78, 5) is 14.7. The van der Waals surface area contributed by atoms with Gasteiger partial charge in [-0.05, 0) is 44.4 Å². The van der Waals surface area contributed by atoms with Crippen molar-refractivity contribution < 1.29 is 21.6 Å². The summed E-state index contributed by atoms with van der Waals surface area (Å²) < 4.78 is 53.0. The van der Waals surface area contributed by atoms with Gasteiger partial charge in [-0.1, -0.05) is 12.5 Å². The van der Waals surface area contributed by atoms with Crippen molar-refractivity contribution in [3.63, 3.8) is 0 Å². The molecule has 0 saturated carbocycles. The summed E-state index contributed by atoms with van der Waals surface area (Å²) in [6, 6.07) is 4.78. The van der Waals surface area contributed by atoms with Crippen LogP contribution < -0.4 is 0 Å². The highest BCUT2D eigenvalue weighted by Crippen LogP contribution is 2.25. The van der Waals surface area contributed by atoms with E-state index in [4.69, 9.17) is 0 Å². The number of hydrogen-bond donors (Lipinski definition) is 0. The maximum atomic E-state index is 13.1. The van der Waals surface area contributed by atoms with E-state index in [1.807, 2.05) is 0 Å². The van der Waals surface area contributed by atoms with Crippen LogP contribution >= 0.6 is 0 Å². The molecule has 10 heteroatoms. The second-order valence-electron chi connectivity index (χ2n) is 7.54. The zero-order chi connectivity index (χ0) is 21.2. The van der Waals surface area contributed by atoms with E-state index in [0.717, 1.165) is 19.3 Å². The van der Waals surface area contributed by atoms with Crippen molar-refractivity contribution in [3.05, 3.63) is 29.3 Å². The average molecular weight is 444 g/mol. The van der Waals surface area contributed by atoms with Crippen molar-refractivity contribution in [1.82, 2.24) is 13.5 Å². The first-order valence-electron chi connectivity index (χ1n) is 10.0. The lowest BCUT2D eigenvalue weighted by Crippen LogP contribution is -2.50. The smallest absolute Gasteiger partial charge is 0.253 e. The summed E-state index contributed by atoms with van der Waals surface area (Å²) in [6.45, 7) is 5.45. The lowest BCUT2D eigenvalue weighted by atomic mass is 10.1. The van der Waals surface area contributed by atoms with Gasteiger partial charge in [-0.15, -0.1) is 0 Å². The first kappa shape index (κ1) is 22.2. The van der Waals surface area contributed by atoms with E-state index in [1.165, 1.54) is 14.7 Å². The number of sulfonamides is 2. The molecule has 0 spiro atoms. The van der Waals surface area contributed by atoms with Gasteiger partial charge >= 0.3 is 0 Å². The van der Waals surface area contributed by atoms with Gasteiger partial charge in [0.05, 0.1) is 10.6 Å². The Bertz CT molecular complexity index is 962. The normalized spacial score (nSPS) is 20.0. The standard InChI is InChI=1S/C19H29N3O5S2/c1-3-28(24,25)21-13-11-20(12-14-21)19(23)17-8-7-16(2)18(15-17)29(26,27)22-9-5-4-6-10-22/h7-8,15H,3-6,9-14H2,1-2H3. The molecule has 162 valence electrons. The monoisotopic (exact) mass is 443 g/mol. The maximum absolute atomic E-state index is 13.1. The molecule has 0 aromatic heterocycles. The van der Waals surface area contributed by atoms with Crippen LogP contribution in [0.1, 0.15) is 42.1 Å². The third-order valence-electron chi connectivity index (χ3n) is 5.65.